The van der Waals surface area contributed by atoms with Gasteiger partial charge < -0.3 is 4.84 Å². The Morgan fingerprint density at radius 3 is 2.78 bits per heavy atom. The Kier molecular flexibility index (Phi) is 4.52. The Balaban J connectivity index is 1.80. The van der Waals surface area contributed by atoms with Crippen molar-refractivity contribution in [1.29, 1.82) is 0 Å². The fraction of sp³-hybridized carbons (Fsp3) is 0.158. The van der Waals surface area contributed by atoms with Gasteiger partial charge in [0.15, 0.2) is 12.4 Å². The van der Waals surface area contributed by atoms with E-state index in [-0.39, 0.29) is 12.5 Å². The lowest BCUT2D eigenvalue weighted by Crippen LogP contribution is -2.42. The molecular formula is C19H18N2O2. The van der Waals surface area contributed by atoms with Gasteiger partial charge in [0.05, 0.1) is 0 Å². The fourth-order valence-corrected chi connectivity index (χ4v) is 2.43. The number of amides is 1. The van der Waals surface area contributed by atoms with Crippen LogP contribution in [0, 0.1) is 6.92 Å². The Bertz CT molecular complexity index is 751. The first-order valence-electron chi connectivity index (χ1n) is 7.53. The molecule has 1 heterocycles. The predicted octanol–water partition coefficient (Wildman–Crippen LogP) is 3.23. The molecule has 2 aromatic carbocycles. The number of amidine groups is 1. The van der Waals surface area contributed by atoms with Crippen LogP contribution in [0.5, 0.6) is 0 Å². The minimum atomic E-state index is -0.0887. The molecule has 4 nitrogen and oxygen atoms in total. The normalized spacial score (nSPS) is 14.7. The predicted molar refractivity (Wildman–Crippen MR) is 90.9 cm³/mol. The zero-order valence-electron chi connectivity index (χ0n) is 13.0. The Morgan fingerprint density at radius 1 is 1.17 bits per heavy atom. The molecule has 3 rings (SSSR count). The van der Waals surface area contributed by atoms with Gasteiger partial charge in [0.2, 0.25) is 0 Å². The van der Waals surface area contributed by atoms with Crippen LogP contribution >= 0.6 is 0 Å². The lowest BCUT2D eigenvalue weighted by molar-refractivity contribution is -0.133. The van der Waals surface area contributed by atoms with Crippen LogP contribution in [0.25, 0.3) is 6.08 Å². The summed E-state index contributed by atoms with van der Waals surface area (Å²) < 4.78 is 0. The zero-order chi connectivity index (χ0) is 16.1. The highest BCUT2D eigenvalue weighted by Gasteiger charge is 2.25. The topological polar surface area (TPSA) is 41.9 Å². The van der Waals surface area contributed by atoms with E-state index in [1.807, 2.05) is 73.7 Å². The van der Waals surface area contributed by atoms with Crippen molar-refractivity contribution in [3.05, 3.63) is 77.4 Å². The van der Waals surface area contributed by atoms with Crippen molar-refractivity contribution in [2.45, 2.75) is 6.92 Å². The monoisotopic (exact) mass is 306 g/mol. The Hall–Kier alpha value is -2.88. The van der Waals surface area contributed by atoms with E-state index in [1.165, 1.54) is 0 Å². The van der Waals surface area contributed by atoms with Crippen molar-refractivity contribution in [1.82, 2.24) is 4.90 Å². The molecule has 23 heavy (non-hydrogen) atoms. The van der Waals surface area contributed by atoms with Crippen LogP contribution in [0.4, 0.5) is 0 Å². The molecule has 116 valence electrons. The second-order valence-corrected chi connectivity index (χ2v) is 5.38. The molecule has 0 saturated heterocycles. The summed E-state index contributed by atoms with van der Waals surface area (Å²) in [7, 11) is 0. The van der Waals surface area contributed by atoms with Crippen LogP contribution in [0.3, 0.4) is 0 Å². The molecule has 0 unspecified atom stereocenters. The van der Waals surface area contributed by atoms with E-state index in [1.54, 1.807) is 4.90 Å². The molecule has 0 radical (unpaired) electrons. The van der Waals surface area contributed by atoms with Crippen LogP contribution in [0.15, 0.2) is 65.8 Å². The summed E-state index contributed by atoms with van der Waals surface area (Å²) in [6.45, 7) is 2.45. The van der Waals surface area contributed by atoms with E-state index < -0.39 is 0 Å². The average Bonchev–Trinajstić information content (AvgIpc) is 2.57. The molecule has 4 heteroatoms. The third kappa shape index (κ3) is 3.66. The van der Waals surface area contributed by atoms with Gasteiger partial charge in [-0.3, -0.25) is 9.69 Å². The third-order valence-electron chi connectivity index (χ3n) is 3.57. The molecule has 0 bridgehead atoms. The molecule has 0 aromatic heterocycles. The summed E-state index contributed by atoms with van der Waals surface area (Å²) >= 11 is 0. The van der Waals surface area contributed by atoms with Gasteiger partial charge in [0.25, 0.3) is 5.91 Å². The van der Waals surface area contributed by atoms with Gasteiger partial charge in [0, 0.05) is 12.1 Å². The van der Waals surface area contributed by atoms with Crippen molar-refractivity contribution in [2.24, 2.45) is 5.16 Å². The van der Waals surface area contributed by atoms with Crippen LogP contribution in [-0.2, 0) is 9.63 Å². The van der Waals surface area contributed by atoms with Crippen LogP contribution in [0.2, 0.25) is 0 Å². The number of benzene rings is 2. The number of carbonyl (C=O) groups is 1. The number of aryl methyl sites for hydroxylation is 1. The first-order chi connectivity index (χ1) is 11.2. The van der Waals surface area contributed by atoms with Crippen molar-refractivity contribution in [2.75, 3.05) is 13.2 Å². The standard InChI is InChI=1S/C19H18N2O2/c1-15-7-5-11-17(13-15)19-20-23-14-18(22)21(19)12-6-10-16-8-3-2-4-9-16/h2-11,13H,12,14H2,1H3/b10-6+. The van der Waals surface area contributed by atoms with Gasteiger partial charge in [-0.1, -0.05) is 71.4 Å². The zero-order valence-corrected chi connectivity index (χ0v) is 13.0. The first-order valence-corrected chi connectivity index (χ1v) is 7.53. The molecule has 1 amide bonds. The van der Waals surface area contributed by atoms with Crippen molar-refractivity contribution >= 4 is 17.8 Å². The summed E-state index contributed by atoms with van der Waals surface area (Å²) in [6.07, 6.45) is 3.96. The smallest absolute Gasteiger partial charge is 0.269 e. The van der Waals surface area contributed by atoms with Gasteiger partial charge in [-0.15, -0.1) is 0 Å². The van der Waals surface area contributed by atoms with Gasteiger partial charge in [-0.05, 0) is 18.6 Å². The SMILES string of the molecule is Cc1cccc(C2=NOCC(=O)N2C/C=C/c2ccccc2)c1. The van der Waals surface area contributed by atoms with Crippen molar-refractivity contribution in [3.63, 3.8) is 0 Å². The number of hydrogen-bond donors (Lipinski definition) is 0. The number of carbonyl (C=O) groups excluding carboxylic acids is 1. The van der Waals surface area contributed by atoms with Crippen LogP contribution in [0.1, 0.15) is 16.7 Å². The molecule has 0 aliphatic carbocycles. The maximum absolute atomic E-state index is 12.2. The highest BCUT2D eigenvalue weighted by atomic mass is 16.6. The van der Waals surface area contributed by atoms with E-state index >= 15 is 0 Å². The number of hydrogen-bond acceptors (Lipinski definition) is 3. The molecule has 2 aromatic rings. The maximum Gasteiger partial charge on any atom is 0.269 e. The minimum Gasteiger partial charge on any atom is -0.384 e. The van der Waals surface area contributed by atoms with Crippen molar-refractivity contribution in [3.8, 4) is 0 Å². The number of rotatable bonds is 4. The number of oxime groups is 1. The molecule has 0 N–H and O–H groups in total. The summed E-state index contributed by atoms with van der Waals surface area (Å²) in [6, 6.07) is 17.9. The number of nitrogens with zero attached hydrogens (tertiary/aromatic N) is 2. The van der Waals surface area contributed by atoms with Gasteiger partial charge >= 0.3 is 0 Å². The highest BCUT2D eigenvalue weighted by molar-refractivity contribution is 6.09. The van der Waals surface area contributed by atoms with E-state index in [0.29, 0.717) is 12.4 Å². The summed E-state index contributed by atoms with van der Waals surface area (Å²) in [5.74, 6) is 0.469. The molecule has 0 fully saturated rings. The van der Waals surface area contributed by atoms with Crippen LogP contribution in [-0.4, -0.2) is 29.8 Å². The third-order valence-corrected chi connectivity index (χ3v) is 3.57. The van der Waals surface area contributed by atoms with E-state index in [0.717, 1.165) is 16.7 Å². The molecule has 1 aliphatic heterocycles. The summed E-state index contributed by atoms with van der Waals surface area (Å²) in [5, 5.41) is 4.09. The lowest BCUT2D eigenvalue weighted by Gasteiger charge is -2.25. The van der Waals surface area contributed by atoms with E-state index in [9.17, 15) is 4.79 Å². The molecular weight excluding hydrogens is 288 g/mol. The Labute approximate surface area is 135 Å². The largest absolute Gasteiger partial charge is 0.384 e. The van der Waals surface area contributed by atoms with Gasteiger partial charge in [-0.2, -0.15) is 0 Å². The lowest BCUT2D eigenvalue weighted by atomic mass is 10.1. The summed E-state index contributed by atoms with van der Waals surface area (Å²) in [4.78, 5) is 18.9. The first kappa shape index (κ1) is 15.0. The molecule has 0 spiro atoms. The van der Waals surface area contributed by atoms with Gasteiger partial charge in [-0.25, -0.2) is 0 Å². The highest BCUT2D eigenvalue weighted by Crippen LogP contribution is 2.13. The molecule has 1 aliphatic rings. The second kappa shape index (κ2) is 6.92. The summed E-state index contributed by atoms with van der Waals surface area (Å²) in [5.41, 5.74) is 3.09. The minimum absolute atomic E-state index is 0.0194. The average molecular weight is 306 g/mol. The molecule has 0 atom stereocenters. The van der Waals surface area contributed by atoms with Crippen molar-refractivity contribution < 1.29 is 9.63 Å². The van der Waals surface area contributed by atoms with Gasteiger partial charge in [0.1, 0.15) is 0 Å². The second-order valence-electron chi connectivity index (χ2n) is 5.38. The maximum atomic E-state index is 12.2. The Morgan fingerprint density at radius 2 is 2.00 bits per heavy atom. The quantitative estimate of drug-likeness (QED) is 0.870. The van der Waals surface area contributed by atoms with E-state index in [4.69, 9.17) is 4.84 Å². The van der Waals surface area contributed by atoms with E-state index in [2.05, 4.69) is 5.16 Å². The molecule has 0 saturated carbocycles. The van der Waals surface area contributed by atoms with Crippen LogP contribution < -0.4 is 0 Å². The fourth-order valence-electron chi connectivity index (χ4n) is 2.43.